The first kappa shape index (κ1) is 20.1. The summed E-state index contributed by atoms with van der Waals surface area (Å²) in [5.74, 6) is 1.23. The third-order valence-corrected chi connectivity index (χ3v) is 4.67. The molecule has 0 atom stereocenters. The molecule has 0 bridgehead atoms. The lowest BCUT2D eigenvalue weighted by Gasteiger charge is -2.14. The first-order chi connectivity index (χ1) is 13.5. The lowest BCUT2D eigenvalue weighted by atomic mass is 10.0. The van der Waals surface area contributed by atoms with Gasteiger partial charge in [-0.3, -0.25) is 4.79 Å². The summed E-state index contributed by atoms with van der Waals surface area (Å²) in [7, 11) is 2.95. The van der Waals surface area contributed by atoms with Crippen LogP contribution >= 0.6 is 23.2 Å². The van der Waals surface area contributed by atoms with Gasteiger partial charge in [-0.25, -0.2) is 0 Å². The number of methoxy groups -OCH3 is 2. The lowest BCUT2D eigenvalue weighted by molar-refractivity contribution is -0.139. The Morgan fingerprint density at radius 1 is 0.929 bits per heavy atom. The summed E-state index contributed by atoms with van der Waals surface area (Å²) in [5.41, 5.74) is 2.53. The number of esters is 1. The van der Waals surface area contributed by atoms with Crippen LogP contribution in [0.15, 0.2) is 60.7 Å². The van der Waals surface area contributed by atoms with E-state index >= 15 is 0 Å². The van der Waals surface area contributed by atoms with E-state index in [9.17, 15) is 4.79 Å². The number of hydrogen-bond acceptors (Lipinski definition) is 4. The van der Waals surface area contributed by atoms with Gasteiger partial charge in [-0.05, 0) is 41.5 Å². The highest BCUT2D eigenvalue weighted by Gasteiger charge is 2.15. The van der Waals surface area contributed by atoms with E-state index in [1.54, 1.807) is 25.3 Å². The summed E-state index contributed by atoms with van der Waals surface area (Å²) >= 11 is 12.7. The zero-order chi connectivity index (χ0) is 20.1. The van der Waals surface area contributed by atoms with Crippen molar-refractivity contribution in [3.05, 3.63) is 76.3 Å². The minimum atomic E-state index is -0.372. The van der Waals surface area contributed by atoms with E-state index in [0.717, 1.165) is 16.9 Å². The molecule has 0 saturated carbocycles. The number of hydrogen-bond donors (Lipinski definition) is 0. The van der Waals surface area contributed by atoms with Gasteiger partial charge in [-0.2, -0.15) is 0 Å². The van der Waals surface area contributed by atoms with Crippen molar-refractivity contribution in [1.82, 2.24) is 0 Å². The molecular formula is C22H18Cl2O4. The molecule has 0 saturated heterocycles. The van der Waals surface area contributed by atoms with E-state index in [2.05, 4.69) is 4.74 Å². The maximum absolute atomic E-state index is 11.5. The molecule has 28 heavy (non-hydrogen) atoms. The Morgan fingerprint density at radius 2 is 1.61 bits per heavy atom. The van der Waals surface area contributed by atoms with E-state index in [0.29, 0.717) is 27.1 Å². The average Bonchev–Trinajstić information content (AvgIpc) is 2.71. The Bertz CT molecular complexity index is 964. The number of halogens is 2. The highest BCUT2D eigenvalue weighted by Crippen LogP contribution is 2.40. The molecule has 0 aliphatic rings. The Kier molecular flexibility index (Phi) is 6.45. The molecule has 6 heteroatoms. The van der Waals surface area contributed by atoms with Gasteiger partial charge in [0, 0.05) is 5.56 Å². The molecule has 0 unspecified atom stereocenters. The van der Waals surface area contributed by atoms with Crippen molar-refractivity contribution in [3.63, 3.8) is 0 Å². The second-order valence-electron chi connectivity index (χ2n) is 5.97. The first-order valence-electron chi connectivity index (χ1n) is 8.48. The van der Waals surface area contributed by atoms with Crippen LogP contribution in [0.4, 0.5) is 0 Å². The smallest absolute Gasteiger partial charge is 0.309 e. The Morgan fingerprint density at radius 3 is 2.21 bits per heavy atom. The Labute approximate surface area is 173 Å². The quantitative estimate of drug-likeness (QED) is 0.450. The summed E-state index contributed by atoms with van der Waals surface area (Å²) in [6, 6.07) is 18.6. The van der Waals surface area contributed by atoms with E-state index < -0.39 is 0 Å². The van der Waals surface area contributed by atoms with Crippen LogP contribution in [0, 0.1) is 0 Å². The minimum Gasteiger partial charge on any atom is -0.496 e. The van der Waals surface area contributed by atoms with E-state index in [1.807, 2.05) is 42.5 Å². The Balaban J connectivity index is 1.93. The molecule has 3 aromatic carbocycles. The van der Waals surface area contributed by atoms with Gasteiger partial charge >= 0.3 is 5.97 Å². The molecule has 0 aliphatic carbocycles. The van der Waals surface area contributed by atoms with Gasteiger partial charge in [-0.1, -0.05) is 53.5 Å². The second-order valence-corrected chi connectivity index (χ2v) is 6.79. The lowest BCUT2D eigenvalue weighted by Crippen LogP contribution is -2.04. The minimum absolute atomic E-state index is 0.0803. The molecule has 0 fully saturated rings. The molecule has 0 radical (unpaired) electrons. The van der Waals surface area contributed by atoms with Crippen LogP contribution in [0.25, 0.3) is 11.1 Å². The summed E-state index contributed by atoms with van der Waals surface area (Å²) in [6.45, 7) is 0. The predicted molar refractivity (Wildman–Crippen MR) is 111 cm³/mol. The number of rotatable bonds is 6. The largest absolute Gasteiger partial charge is 0.496 e. The normalized spacial score (nSPS) is 10.4. The van der Waals surface area contributed by atoms with Crippen molar-refractivity contribution in [2.24, 2.45) is 0 Å². The van der Waals surface area contributed by atoms with Crippen molar-refractivity contribution in [1.29, 1.82) is 0 Å². The van der Waals surface area contributed by atoms with Gasteiger partial charge in [0.05, 0.1) is 30.7 Å². The number of carbonyl (C=O) groups excluding carboxylic acids is 1. The predicted octanol–water partition coefficient (Wildman–Crippen LogP) is 6.18. The standard InChI is InChI=1S/C22H18Cl2O4/c1-26-20-9-8-16(13-17(20)15-6-4-3-5-7-15)28-22-18(23)10-14(11-19(22)24)12-21(25)27-2/h3-11,13H,12H2,1-2H3. The number of ether oxygens (including phenoxy) is 3. The fourth-order valence-electron chi connectivity index (χ4n) is 2.76. The molecule has 0 N–H and O–H groups in total. The zero-order valence-electron chi connectivity index (χ0n) is 15.4. The van der Waals surface area contributed by atoms with Crippen LogP contribution < -0.4 is 9.47 Å². The maximum Gasteiger partial charge on any atom is 0.309 e. The van der Waals surface area contributed by atoms with Gasteiger partial charge in [0.2, 0.25) is 0 Å². The second kappa shape index (κ2) is 9.00. The third-order valence-electron chi connectivity index (χ3n) is 4.11. The van der Waals surface area contributed by atoms with Crippen molar-refractivity contribution in [2.75, 3.05) is 14.2 Å². The molecule has 0 amide bonds. The molecular weight excluding hydrogens is 399 g/mol. The van der Waals surface area contributed by atoms with Gasteiger partial charge in [0.15, 0.2) is 5.75 Å². The van der Waals surface area contributed by atoms with Crippen LogP contribution in [0.2, 0.25) is 10.0 Å². The van der Waals surface area contributed by atoms with Gasteiger partial charge in [-0.15, -0.1) is 0 Å². The molecule has 0 aromatic heterocycles. The molecule has 0 heterocycles. The maximum atomic E-state index is 11.5. The fourth-order valence-corrected chi connectivity index (χ4v) is 3.37. The van der Waals surface area contributed by atoms with Crippen LogP contribution in [-0.2, 0) is 16.0 Å². The van der Waals surface area contributed by atoms with Crippen LogP contribution in [0.5, 0.6) is 17.2 Å². The molecule has 3 aromatic rings. The molecule has 144 valence electrons. The first-order valence-corrected chi connectivity index (χ1v) is 9.23. The van der Waals surface area contributed by atoms with E-state index in [1.165, 1.54) is 7.11 Å². The van der Waals surface area contributed by atoms with Gasteiger partial charge in [0.1, 0.15) is 11.5 Å². The SMILES string of the molecule is COC(=O)Cc1cc(Cl)c(Oc2ccc(OC)c(-c3ccccc3)c2)c(Cl)c1. The Hall–Kier alpha value is -2.69. The molecule has 3 rings (SSSR count). The van der Waals surface area contributed by atoms with E-state index in [4.69, 9.17) is 32.7 Å². The zero-order valence-corrected chi connectivity index (χ0v) is 16.9. The molecule has 4 nitrogen and oxygen atoms in total. The summed E-state index contributed by atoms with van der Waals surface area (Å²) in [4.78, 5) is 11.5. The highest BCUT2D eigenvalue weighted by atomic mass is 35.5. The third kappa shape index (κ3) is 4.58. The van der Waals surface area contributed by atoms with Gasteiger partial charge in [0.25, 0.3) is 0 Å². The van der Waals surface area contributed by atoms with Crippen LogP contribution in [-0.4, -0.2) is 20.2 Å². The van der Waals surface area contributed by atoms with Crippen molar-refractivity contribution in [3.8, 4) is 28.4 Å². The van der Waals surface area contributed by atoms with Crippen LogP contribution in [0.1, 0.15) is 5.56 Å². The number of benzene rings is 3. The number of carbonyl (C=O) groups is 1. The average molecular weight is 417 g/mol. The summed E-state index contributed by atoms with van der Waals surface area (Å²) in [6.07, 6.45) is 0.0803. The van der Waals surface area contributed by atoms with Gasteiger partial charge < -0.3 is 14.2 Å². The highest BCUT2D eigenvalue weighted by molar-refractivity contribution is 6.37. The topological polar surface area (TPSA) is 44.8 Å². The van der Waals surface area contributed by atoms with Crippen molar-refractivity contribution < 1.29 is 19.0 Å². The summed E-state index contributed by atoms with van der Waals surface area (Å²) < 4.78 is 16.1. The fraction of sp³-hybridized carbons (Fsp3) is 0.136. The van der Waals surface area contributed by atoms with Crippen molar-refractivity contribution in [2.45, 2.75) is 6.42 Å². The van der Waals surface area contributed by atoms with Crippen molar-refractivity contribution >= 4 is 29.2 Å². The summed E-state index contributed by atoms with van der Waals surface area (Å²) in [5, 5.41) is 0.618. The monoisotopic (exact) mass is 416 g/mol. The molecule has 0 spiro atoms. The van der Waals surface area contributed by atoms with Crippen LogP contribution in [0.3, 0.4) is 0 Å². The van der Waals surface area contributed by atoms with E-state index in [-0.39, 0.29) is 12.4 Å². The molecule has 0 aliphatic heterocycles.